The molecule has 12 heteroatoms. The number of hydrogen-bond acceptors (Lipinski definition) is 5. The summed E-state index contributed by atoms with van der Waals surface area (Å²) in [6, 6.07) is 0. The normalized spacial score (nSPS) is 16.4. The molecule has 0 saturated carbocycles. The van der Waals surface area contributed by atoms with Crippen LogP contribution in [0.2, 0.25) is 0 Å². The molecule has 0 fully saturated rings. The second kappa shape index (κ2) is 4.44. The minimum absolute atomic E-state index is 0.207. The molecule has 7 nitrogen and oxygen atoms in total. The number of nitrogens with zero attached hydrogens (tertiary/aromatic N) is 1. The Morgan fingerprint density at radius 2 is 1.62 bits per heavy atom. The lowest BCUT2D eigenvalue weighted by atomic mass is 10.8. The molecule has 0 aliphatic rings. The van der Waals surface area contributed by atoms with E-state index in [0.717, 1.165) is 7.05 Å². The van der Waals surface area contributed by atoms with Gasteiger partial charge in [0.25, 0.3) is 0 Å². The molecule has 1 N–H and O–H groups in total. The Balaban J connectivity index is 5.50. The predicted octanol–water partition coefficient (Wildman–Crippen LogP) is -1.58. The van der Waals surface area contributed by atoms with E-state index < -0.39 is 29.6 Å². The monoisotopic (exact) mass is 286 g/mol. The van der Waals surface area contributed by atoms with Crippen molar-refractivity contribution in [2.75, 3.05) is 13.6 Å². The minimum Gasteiger partial charge on any atom is -0.601 e. The second-order valence-electron chi connectivity index (χ2n) is 2.62. The predicted molar refractivity (Wildman–Crippen MR) is 46.5 cm³/mol. The Hall–Kier alpha value is -0.430. The molecule has 0 saturated heterocycles. The third-order valence-electron chi connectivity index (χ3n) is 1.59. The zero-order chi connectivity index (χ0) is 13.4. The van der Waals surface area contributed by atoms with E-state index in [9.17, 15) is 35.2 Å². The summed E-state index contributed by atoms with van der Waals surface area (Å²) >= 11 is 0. The van der Waals surface area contributed by atoms with E-state index in [0.29, 0.717) is 0 Å². The van der Waals surface area contributed by atoms with E-state index in [1.54, 1.807) is 0 Å². The van der Waals surface area contributed by atoms with Crippen LogP contribution >= 0.6 is 0 Å². The Labute approximate surface area is 90.3 Å². The van der Waals surface area contributed by atoms with Gasteiger partial charge in [0.05, 0.1) is 0 Å². The molecule has 0 aromatic rings. The SMILES string of the molecule is CCN(C)S(=O)(=O)[NH+]([O-])S(=O)(=O)C(F)(F)F. The number of rotatable bonds is 4. The van der Waals surface area contributed by atoms with E-state index in [1.165, 1.54) is 6.92 Å². The van der Waals surface area contributed by atoms with Gasteiger partial charge in [0.1, 0.15) is 0 Å². The van der Waals surface area contributed by atoms with Crippen LogP contribution in [0.25, 0.3) is 0 Å². The topological polar surface area (TPSA) is 99.0 Å². The first-order valence-electron chi connectivity index (χ1n) is 3.70. The van der Waals surface area contributed by atoms with Crippen molar-refractivity contribution < 1.29 is 33.9 Å². The Morgan fingerprint density at radius 1 is 1.25 bits per heavy atom. The van der Waals surface area contributed by atoms with Gasteiger partial charge < -0.3 is 5.21 Å². The van der Waals surface area contributed by atoms with E-state index in [-0.39, 0.29) is 10.8 Å². The fraction of sp³-hybridized carbons (Fsp3) is 1.00. The number of nitrogens with one attached hydrogen (secondary N) is 1. The number of sulfonamides is 1. The third kappa shape index (κ3) is 2.63. The summed E-state index contributed by atoms with van der Waals surface area (Å²) in [5.74, 6) is 0. The molecule has 0 rings (SSSR count). The lowest BCUT2D eigenvalue weighted by Crippen LogP contribution is -3.13. The van der Waals surface area contributed by atoms with Crippen LogP contribution in [0.3, 0.4) is 0 Å². The van der Waals surface area contributed by atoms with Gasteiger partial charge in [0, 0.05) is 13.6 Å². The van der Waals surface area contributed by atoms with Gasteiger partial charge in [-0.2, -0.15) is 34.3 Å². The van der Waals surface area contributed by atoms with Gasteiger partial charge in [-0.3, -0.25) is 0 Å². The number of hydrogen-bond donors (Lipinski definition) is 1. The summed E-state index contributed by atoms with van der Waals surface area (Å²) in [5.41, 5.74) is -5.92. The maximum absolute atomic E-state index is 11.9. The molecule has 16 heavy (non-hydrogen) atoms. The summed E-state index contributed by atoms with van der Waals surface area (Å²) in [6.45, 7) is 0.895. The standard InChI is InChI=1S/C4H9F3N2O5S2/c1-3-8(2)16(13,14)9(10)15(11,12)4(5,6)7/h9H,3H2,1-2H3. The van der Waals surface area contributed by atoms with Crippen molar-refractivity contribution in [1.29, 1.82) is 0 Å². The van der Waals surface area contributed by atoms with E-state index in [2.05, 4.69) is 0 Å². The summed E-state index contributed by atoms with van der Waals surface area (Å²) < 4.78 is 76.2. The van der Waals surface area contributed by atoms with Crippen molar-refractivity contribution in [1.82, 2.24) is 4.31 Å². The smallest absolute Gasteiger partial charge is 0.550 e. The molecule has 0 bridgehead atoms. The maximum Gasteiger partial charge on any atom is 0.550 e. The van der Waals surface area contributed by atoms with Crippen molar-refractivity contribution in [2.45, 2.75) is 12.4 Å². The van der Waals surface area contributed by atoms with Crippen LogP contribution < -0.4 is 3.87 Å². The second-order valence-corrected chi connectivity index (χ2v) is 6.66. The van der Waals surface area contributed by atoms with Gasteiger partial charge in [-0.1, -0.05) is 6.92 Å². The summed E-state index contributed by atoms with van der Waals surface area (Å²) in [5, 5.41) is 10.8. The first kappa shape index (κ1) is 15.6. The molecular formula is C4H9F3N2O5S2. The maximum atomic E-state index is 11.9. The van der Waals surface area contributed by atoms with Gasteiger partial charge in [-0.25, -0.2) is 0 Å². The molecule has 0 aromatic carbocycles. The summed E-state index contributed by atoms with van der Waals surface area (Å²) in [6.07, 6.45) is 0. The molecule has 0 radical (unpaired) electrons. The van der Waals surface area contributed by atoms with Gasteiger partial charge in [-0.15, -0.1) is 3.87 Å². The Kier molecular flexibility index (Phi) is 4.32. The number of quaternary nitrogens is 1. The largest absolute Gasteiger partial charge is 0.601 e. The molecule has 0 spiro atoms. The van der Waals surface area contributed by atoms with Crippen LogP contribution in [0.5, 0.6) is 0 Å². The lowest BCUT2D eigenvalue weighted by molar-refractivity contribution is -0.559. The fourth-order valence-corrected chi connectivity index (χ4v) is 3.09. The quantitative estimate of drug-likeness (QED) is 0.628. The average Bonchev–Trinajstić information content (AvgIpc) is 2.13. The lowest BCUT2D eigenvalue weighted by Gasteiger charge is -2.25. The Bertz CT molecular complexity index is 441. The third-order valence-corrected chi connectivity index (χ3v) is 5.43. The highest BCUT2D eigenvalue weighted by Gasteiger charge is 2.55. The highest BCUT2D eigenvalue weighted by molar-refractivity contribution is 7.96. The first-order valence-corrected chi connectivity index (χ1v) is 6.63. The average molecular weight is 286 g/mol. The van der Waals surface area contributed by atoms with Crippen LogP contribution in [0.1, 0.15) is 6.92 Å². The van der Waals surface area contributed by atoms with Gasteiger partial charge in [-0.05, 0) is 0 Å². The molecular weight excluding hydrogens is 277 g/mol. The van der Waals surface area contributed by atoms with Crippen LogP contribution in [0.4, 0.5) is 13.2 Å². The highest BCUT2D eigenvalue weighted by atomic mass is 32.3. The van der Waals surface area contributed by atoms with E-state index in [4.69, 9.17) is 0 Å². The fourth-order valence-electron chi connectivity index (χ4n) is 0.530. The van der Waals surface area contributed by atoms with Crippen LogP contribution in [-0.2, 0) is 20.2 Å². The van der Waals surface area contributed by atoms with Crippen molar-refractivity contribution in [3.05, 3.63) is 5.21 Å². The Morgan fingerprint density at radius 3 is 1.88 bits per heavy atom. The zero-order valence-electron chi connectivity index (χ0n) is 8.15. The molecule has 0 amide bonds. The van der Waals surface area contributed by atoms with Gasteiger partial charge in [0.15, 0.2) is 0 Å². The zero-order valence-corrected chi connectivity index (χ0v) is 9.78. The van der Waals surface area contributed by atoms with E-state index >= 15 is 0 Å². The van der Waals surface area contributed by atoms with Crippen LogP contribution in [0.15, 0.2) is 0 Å². The molecule has 0 aliphatic carbocycles. The van der Waals surface area contributed by atoms with Crippen LogP contribution in [0, 0.1) is 5.21 Å². The van der Waals surface area contributed by atoms with Gasteiger partial charge >= 0.3 is 25.7 Å². The summed E-state index contributed by atoms with van der Waals surface area (Å²) in [4.78, 5) is 0. The molecule has 0 heterocycles. The number of alkyl halides is 3. The molecule has 0 aromatic heterocycles. The first-order chi connectivity index (χ1) is 6.89. The van der Waals surface area contributed by atoms with Crippen molar-refractivity contribution in [2.24, 2.45) is 0 Å². The minimum atomic E-state index is -6.36. The highest BCUT2D eigenvalue weighted by Crippen LogP contribution is 2.19. The van der Waals surface area contributed by atoms with Crippen molar-refractivity contribution >= 4 is 20.2 Å². The summed E-state index contributed by atoms with van der Waals surface area (Å²) in [7, 11) is -10.7. The molecule has 0 aliphatic heterocycles. The van der Waals surface area contributed by atoms with Crippen molar-refractivity contribution in [3.63, 3.8) is 0 Å². The molecule has 98 valence electrons. The van der Waals surface area contributed by atoms with Gasteiger partial charge in [0.2, 0.25) is 0 Å². The van der Waals surface area contributed by atoms with Crippen molar-refractivity contribution in [3.8, 4) is 0 Å². The molecule has 1 unspecified atom stereocenters. The van der Waals surface area contributed by atoms with E-state index in [1.807, 2.05) is 0 Å². The number of halogens is 3. The van der Waals surface area contributed by atoms with Crippen LogP contribution in [-0.4, -0.2) is 40.2 Å². The molecule has 1 atom stereocenters.